The minimum atomic E-state index is -0.359. The molecule has 2 rings (SSSR count). The summed E-state index contributed by atoms with van der Waals surface area (Å²) in [5.41, 5.74) is 0.829. The van der Waals surface area contributed by atoms with E-state index in [9.17, 15) is 10.1 Å². The van der Waals surface area contributed by atoms with Crippen LogP contribution in [0.15, 0.2) is 18.2 Å². The number of nitro groups is 1. The van der Waals surface area contributed by atoms with E-state index in [4.69, 9.17) is 4.74 Å². The number of rotatable bonds is 5. The Bertz CT molecular complexity index is 496. The molecule has 1 aliphatic rings. The van der Waals surface area contributed by atoms with Gasteiger partial charge >= 0.3 is 0 Å². The largest absolute Gasteiger partial charge is 0.492 e. The summed E-state index contributed by atoms with van der Waals surface area (Å²) in [7, 11) is 0. The van der Waals surface area contributed by atoms with Gasteiger partial charge in [0.25, 0.3) is 5.69 Å². The van der Waals surface area contributed by atoms with E-state index in [0.29, 0.717) is 17.9 Å². The first-order valence-corrected chi connectivity index (χ1v) is 8.19. The molecule has 21 heavy (non-hydrogen) atoms. The molecule has 0 unspecified atom stereocenters. The second-order valence-corrected chi connectivity index (χ2v) is 6.33. The smallest absolute Gasteiger partial charge is 0.276 e. The summed E-state index contributed by atoms with van der Waals surface area (Å²) in [4.78, 5) is 10.6. The SMILES string of the molecule is Cc1c(OCC2(CS)CCCCCC2)cccc1[N+](=O)[O-]. The lowest BCUT2D eigenvalue weighted by molar-refractivity contribution is -0.385. The highest BCUT2D eigenvalue weighted by atomic mass is 32.1. The Morgan fingerprint density at radius 1 is 1.29 bits per heavy atom. The van der Waals surface area contributed by atoms with Crippen molar-refractivity contribution >= 4 is 18.3 Å². The summed E-state index contributed by atoms with van der Waals surface area (Å²) < 4.78 is 5.96. The Morgan fingerprint density at radius 3 is 2.52 bits per heavy atom. The van der Waals surface area contributed by atoms with E-state index >= 15 is 0 Å². The van der Waals surface area contributed by atoms with Gasteiger partial charge in [0.2, 0.25) is 0 Å². The molecule has 1 saturated carbocycles. The fraction of sp³-hybridized carbons (Fsp3) is 0.625. The number of nitrogens with zero attached hydrogens (tertiary/aromatic N) is 1. The van der Waals surface area contributed by atoms with Crippen LogP contribution in [-0.2, 0) is 0 Å². The molecule has 0 aromatic heterocycles. The third-order valence-electron chi connectivity index (χ3n) is 4.49. The zero-order valence-corrected chi connectivity index (χ0v) is 13.4. The van der Waals surface area contributed by atoms with Crippen molar-refractivity contribution in [3.8, 4) is 5.75 Å². The molecule has 0 radical (unpaired) electrons. The van der Waals surface area contributed by atoms with Crippen molar-refractivity contribution in [2.24, 2.45) is 5.41 Å². The van der Waals surface area contributed by atoms with E-state index in [1.807, 2.05) is 6.07 Å². The first-order valence-electron chi connectivity index (χ1n) is 7.56. The van der Waals surface area contributed by atoms with Crippen LogP contribution in [0.5, 0.6) is 5.75 Å². The Labute approximate surface area is 131 Å². The van der Waals surface area contributed by atoms with Crippen molar-refractivity contribution in [2.45, 2.75) is 45.4 Å². The van der Waals surface area contributed by atoms with E-state index in [1.54, 1.807) is 13.0 Å². The van der Waals surface area contributed by atoms with Gasteiger partial charge in [0.05, 0.1) is 17.1 Å². The van der Waals surface area contributed by atoms with Crippen molar-refractivity contribution < 1.29 is 9.66 Å². The molecule has 0 bridgehead atoms. The molecule has 0 saturated heterocycles. The predicted octanol–water partition coefficient (Wildman–Crippen LogP) is 4.55. The predicted molar refractivity (Wildman–Crippen MR) is 87.3 cm³/mol. The van der Waals surface area contributed by atoms with Gasteiger partial charge in [-0.2, -0.15) is 12.6 Å². The van der Waals surface area contributed by atoms with Crippen LogP contribution in [0.25, 0.3) is 0 Å². The summed E-state index contributed by atoms with van der Waals surface area (Å²) in [5, 5.41) is 11.0. The number of nitro benzene ring substituents is 1. The van der Waals surface area contributed by atoms with Gasteiger partial charge in [-0.3, -0.25) is 10.1 Å². The maximum atomic E-state index is 11.0. The summed E-state index contributed by atoms with van der Waals surface area (Å²) in [6.45, 7) is 2.34. The molecule has 1 aromatic carbocycles. The lowest BCUT2D eigenvalue weighted by Gasteiger charge is -2.31. The molecule has 0 atom stereocenters. The summed E-state index contributed by atoms with van der Waals surface area (Å²) in [6, 6.07) is 5.01. The van der Waals surface area contributed by atoms with Crippen LogP contribution in [0, 0.1) is 22.5 Å². The van der Waals surface area contributed by atoms with Gasteiger partial charge in [-0.05, 0) is 31.6 Å². The van der Waals surface area contributed by atoms with Gasteiger partial charge in [0.15, 0.2) is 0 Å². The van der Waals surface area contributed by atoms with Crippen molar-refractivity contribution in [3.63, 3.8) is 0 Å². The van der Waals surface area contributed by atoms with Gasteiger partial charge in [-0.1, -0.05) is 31.7 Å². The summed E-state index contributed by atoms with van der Waals surface area (Å²) >= 11 is 4.53. The highest BCUT2D eigenvalue weighted by Gasteiger charge is 2.31. The van der Waals surface area contributed by atoms with Crippen molar-refractivity contribution in [3.05, 3.63) is 33.9 Å². The minimum absolute atomic E-state index is 0.108. The maximum absolute atomic E-state index is 11.0. The second-order valence-electron chi connectivity index (χ2n) is 6.02. The fourth-order valence-electron chi connectivity index (χ4n) is 3.01. The Morgan fingerprint density at radius 2 is 1.95 bits per heavy atom. The zero-order valence-electron chi connectivity index (χ0n) is 12.5. The van der Waals surface area contributed by atoms with Crippen LogP contribution in [-0.4, -0.2) is 17.3 Å². The topological polar surface area (TPSA) is 52.4 Å². The van der Waals surface area contributed by atoms with E-state index in [2.05, 4.69) is 12.6 Å². The van der Waals surface area contributed by atoms with Crippen LogP contribution in [0.1, 0.15) is 44.1 Å². The molecule has 1 aliphatic carbocycles. The molecule has 0 N–H and O–H groups in total. The Balaban J connectivity index is 2.11. The number of hydrogen-bond donors (Lipinski definition) is 1. The molecule has 0 aliphatic heterocycles. The monoisotopic (exact) mass is 309 g/mol. The fourth-order valence-corrected chi connectivity index (χ4v) is 3.42. The maximum Gasteiger partial charge on any atom is 0.276 e. The standard InChI is InChI=1S/C16H23NO3S/c1-13-14(17(18)19)7-6-8-15(13)20-11-16(12-21)9-4-2-3-5-10-16/h6-8,21H,2-5,9-12H2,1H3. The lowest BCUT2D eigenvalue weighted by atomic mass is 9.83. The normalized spacial score (nSPS) is 18.0. The van der Waals surface area contributed by atoms with Crippen molar-refractivity contribution in [1.29, 1.82) is 0 Å². The molecule has 4 nitrogen and oxygen atoms in total. The number of hydrogen-bond acceptors (Lipinski definition) is 4. The summed E-state index contributed by atoms with van der Waals surface area (Å²) in [6.07, 6.45) is 7.27. The van der Waals surface area contributed by atoms with Crippen LogP contribution in [0.4, 0.5) is 5.69 Å². The molecular formula is C16H23NO3S. The van der Waals surface area contributed by atoms with Gasteiger partial charge in [0.1, 0.15) is 5.75 Å². The first-order chi connectivity index (χ1) is 10.1. The average Bonchev–Trinajstić information content (AvgIpc) is 2.72. The number of ether oxygens (including phenoxy) is 1. The molecule has 0 heterocycles. The van der Waals surface area contributed by atoms with Gasteiger partial charge in [-0.15, -0.1) is 0 Å². The van der Waals surface area contributed by atoms with E-state index in [1.165, 1.54) is 31.7 Å². The van der Waals surface area contributed by atoms with Crippen LogP contribution in [0.3, 0.4) is 0 Å². The molecular weight excluding hydrogens is 286 g/mol. The second kappa shape index (κ2) is 7.16. The van der Waals surface area contributed by atoms with Gasteiger partial charge < -0.3 is 4.74 Å². The highest BCUT2D eigenvalue weighted by molar-refractivity contribution is 7.80. The quantitative estimate of drug-likeness (QED) is 0.376. The van der Waals surface area contributed by atoms with Crippen LogP contribution in [0.2, 0.25) is 0 Å². The van der Waals surface area contributed by atoms with E-state index in [0.717, 1.165) is 18.6 Å². The average molecular weight is 309 g/mol. The molecule has 116 valence electrons. The van der Waals surface area contributed by atoms with E-state index in [-0.39, 0.29) is 16.0 Å². The molecule has 5 heteroatoms. The molecule has 0 amide bonds. The molecule has 1 fully saturated rings. The Hall–Kier alpha value is -1.23. The third kappa shape index (κ3) is 3.90. The third-order valence-corrected chi connectivity index (χ3v) is 5.16. The van der Waals surface area contributed by atoms with Crippen molar-refractivity contribution in [1.82, 2.24) is 0 Å². The number of benzene rings is 1. The zero-order chi connectivity index (χ0) is 15.3. The Kier molecular flexibility index (Phi) is 5.51. The van der Waals surface area contributed by atoms with Gasteiger partial charge in [-0.25, -0.2) is 0 Å². The van der Waals surface area contributed by atoms with Crippen LogP contribution < -0.4 is 4.74 Å². The minimum Gasteiger partial charge on any atom is -0.492 e. The lowest BCUT2D eigenvalue weighted by Crippen LogP contribution is -2.30. The first kappa shape index (κ1) is 16.1. The highest BCUT2D eigenvalue weighted by Crippen LogP contribution is 2.37. The summed E-state index contributed by atoms with van der Waals surface area (Å²) in [5.74, 6) is 1.43. The van der Waals surface area contributed by atoms with Crippen molar-refractivity contribution in [2.75, 3.05) is 12.4 Å². The molecule has 1 aromatic rings. The van der Waals surface area contributed by atoms with Gasteiger partial charge in [0, 0.05) is 11.5 Å². The molecule has 0 spiro atoms. The number of thiol groups is 1. The van der Waals surface area contributed by atoms with Crippen LogP contribution >= 0.6 is 12.6 Å². The van der Waals surface area contributed by atoms with E-state index < -0.39 is 0 Å².